The van der Waals surface area contributed by atoms with Crippen molar-refractivity contribution in [2.45, 2.75) is 6.92 Å². The number of hydrogen-bond donors (Lipinski definition) is 2. The third-order valence-corrected chi connectivity index (χ3v) is 2.77. The highest BCUT2D eigenvalue weighted by Crippen LogP contribution is 2.24. The standard InChI is InChI=1S/C14H14N2O3/c1-9-5-6-11(12(17)8-9)15-13(18)10-4-3-7-16(2)14(10)19/h3-8,17H,1-2H3,(H,15,18). The molecule has 98 valence electrons. The lowest BCUT2D eigenvalue weighted by atomic mass is 10.2. The number of hydrogen-bond acceptors (Lipinski definition) is 3. The van der Waals surface area contributed by atoms with Gasteiger partial charge in [0, 0.05) is 13.2 Å². The molecular formula is C14H14N2O3. The fraction of sp³-hybridized carbons (Fsp3) is 0.143. The van der Waals surface area contributed by atoms with E-state index < -0.39 is 5.91 Å². The summed E-state index contributed by atoms with van der Waals surface area (Å²) in [7, 11) is 1.57. The summed E-state index contributed by atoms with van der Waals surface area (Å²) in [6.07, 6.45) is 1.57. The molecule has 0 saturated heterocycles. The Bertz CT molecular complexity index is 689. The molecule has 0 radical (unpaired) electrons. The molecule has 0 atom stereocenters. The summed E-state index contributed by atoms with van der Waals surface area (Å²) in [6.45, 7) is 1.83. The minimum atomic E-state index is -0.541. The Labute approximate surface area is 110 Å². The van der Waals surface area contributed by atoms with Crippen LogP contribution in [-0.4, -0.2) is 15.6 Å². The summed E-state index contributed by atoms with van der Waals surface area (Å²) in [5, 5.41) is 12.2. The Morgan fingerprint density at radius 1 is 1.32 bits per heavy atom. The van der Waals surface area contributed by atoms with Gasteiger partial charge in [0.25, 0.3) is 11.5 Å². The molecular weight excluding hydrogens is 244 g/mol. The predicted molar refractivity (Wildman–Crippen MR) is 72.5 cm³/mol. The Kier molecular flexibility index (Phi) is 3.37. The van der Waals surface area contributed by atoms with Crippen LogP contribution in [0.3, 0.4) is 0 Å². The fourth-order valence-corrected chi connectivity index (χ4v) is 1.71. The minimum Gasteiger partial charge on any atom is -0.506 e. The van der Waals surface area contributed by atoms with Crippen molar-refractivity contribution in [3.05, 3.63) is 58.0 Å². The molecule has 1 aromatic heterocycles. The van der Waals surface area contributed by atoms with Gasteiger partial charge >= 0.3 is 0 Å². The maximum absolute atomic E-state index is 12.0. The molecule has 0 saturated carbocycles. The van der Waals surface area contributed by atoms with Crippen molar-refractivity contribution >= 4 is 11.6 Å². The Morgan fingerprint density at radius 3 is 2.74 bits per heavy atom. The number of benzene rings is 1. The van der Waals surface area contributed by atoms with Crippen LogP contribution in [0.1, 0.15) is 15.9 Å². The first-order valence-corrected chi connectivity index (χ1v) is 5.75. The average molecular weight is 258 g/mol. The van der Waals surface area contributed by atoms with Crippen LogP contribution in [0.2, 0.25) is 0 Å². The lowest BCUT2D eigenvalue weighted by Gasteiger charge is -2.08. The third kappa shape index (κ3) is 2.65. The lowest BCUT2D eigenvalue weighted by Crippen LogP contribution is -2.27. The number of aromatic nitrogens is 1. The van der Waals surface area contributed by atoms with Crippen molar-refractivity contribution in [1.29, 1.82) is 0 Å². The van der Waals surface area contributed by atoms with E-state index in [1.54, 1.807) is 37.5 Å². The highest BCUT2D eigenvalue weighted by Gasteiger charge is 2.12. The fourth-order valence-electron chi connectivity index (χ4n) is 1.71. The molecule has 1 amide bonds. The van der Waals surface area contributed by atoms with Gasteiger partial charge in [-0.25, -0.2) is 0 Å². The number of carbonyl (C=O) groups is 1. The second kappa shape index (κ2) is 4.97. The SMILES string of the molecule is Cc1ccc(NC(=O)c2cccn(C)c2=O)c(O)c1. The third-order valence-electron chi connectivity index (χ3n) is 2.77. The summed E-state index contributed by atoms with van der Waals surface area (Å²) in [5.74, 6) is -0.568. The zero-order valence-corrected chi connectivity index (χ0v) is 10.7. The van der Waals surface area contributed by atoms with Gasteiger partial charge in [-0.1, -0.05) is 6.07 Å². The molecule has 2 N–H and O–H groups in total. The molecule has 2 rings (SSSR count). The first-order chi connectivity index (χ1) is 8.99. The number of nitrogens with one attached hydrogen (secondary N) is 1. The number of pyridine rings is 1. The van der Waals surface area contributed by atoms with E-state index in [-0.39, 0.29) is 22.6 Å². The molecule has 1 heterocycles. The van der Waals surface area contributed by atoms with Crippen LogP contribution < -0.4 is 10.9 Å². The molecule has 5 nitrogen and oxygen atoms in total. The number of phenolic OH excluding ortho intramolecular Hbond substituents is 1. The number of aryl methyl sites for hydroxylation is 2. The summed E-state index contributed by atoms with van der Waals surface area (Å²) < 4.78 is 1.32. The Morgan fingerprint density at radius 2 is 2.05 bits per heavy atom. The number of aromatic hydroxyl groups is 1. The number of carbonyl (C=O) groups excluding carboxylic acids is 1. The van der Waals surface area contributed by atoms with E-state index in [1.165, 1.54) is 10.6 Å². The average Bonchev–Trinajstić information content (AvgIpc) is 2.36. The van der Waals surface area contributed by atoms with Crippen molar-refractivity contribution < 1.29 is 9.90 Å². The second-order valence-electron chi connectivity index (χ2n) is 4.31. The van der Waals surface area contributed by atoms with Crippen LogP contribution in [0, 0.1) is 6.92 Å². The molecule has 19 heavy (non-hydrogen) atoms. The summed E-state index contributed by atoms with van der Waals surface area (Å²) in [4.78, 5) is 23.8. The van der Waals surface area contributed by atoms with Gasteiger partial charge < -0.3 is 15.0 Å². The van der Waals surface area contributed by atoms with Gasteiger partial charge in [-0.15, -0.1) is 0 Å². The molecule has 0 spiro atoms. The number of nitrogens with zero attached hydrogens (tertiary/aromatic N) is 1. The summed E-state index contributed by atoms with van der Waals surface area (Å²) >= 11 is 0. The van der Waals surface area contributed by atoms with Crippen molar-refractivity contribution in [2.75, 3.05) is 5.32 Å². The van der Waals surface area contributed by atoms with Crippen LogP contribution in [0.25, 0.3) is 0 Å². The van der Waals surface area contributed by atoms with Gasteiger partial charge in [-0.2, -0.15) is 0 Å². The van der Waals surface area contributed by atoms with E-state index in [9.17, 15) is 14.7 Å². The molecule has 0 unspecified atom stereocenters. The van der Waals surface area contributed by atoms with Crippen molar-refractivity contribution in [3.8, 4) is 5.75 Å². The normalized spacial score (nSPS) is 10.2. The van der Waals surface area contributed by atoms with Crippen LogP contribution >= 0.6 is 0 Å². The van der Waals surface area contributed by atoms with Gasteiger partial charge in [0.1, 0.15) is 11.3 Å². The van der Waals surface area contributed by atoms with E-state index in [0.29, 0.717) is 0 Å². The molecule has 0 bridgehead atoms. The van der Waals surface area contributed by atoms with E-state index in [4.69, 9.17) is 0 Å². The van der Waals surface area contributed by atoms with Crippen molar-refractivity contribution in [3.63, 3.8) is 0 Å². The highest BCUT2D eigenvalue weighted by molar-refractivity contribution is 6.04. The van der Waals surface area contributed by atoms with Crippen LogP contribution in [0.4, 0.5) is 5.69 Å². The number of rotatable bonds is 2. The summed E-state index contributed by atoms with van der Waals surface area (Å²) in [6, 6.07) is 7.96. The van der Waals surface area contributed by atoms with Crippen LogP contribution in [0.5, 0.6) is 5.75 Å². The van der Waals surface area contributed by atoms with Gasteiger partial charge in [0.05, 0.1) is 5.69 Å². The molecule has 2 aromatic rings. The van der Waals surface area contributed by atoms with Crippen molar-refractivity contribution in [1.82, 2.24) is 4.57 Å². The zero-order valence-electron chi connectivity index (χ0n) is 10.7. The molecule has 0 aliphatic rings. The lowest BCUT2D eigenvalue weighted by molar-refractivity contribution is 0.102. The minimum absolute atomic E-state index is 0.0268. The summed E-state index contributed by atoms with van der Waals surface area (Å²) in [5.41, 5.74) is 0.809. The highest BCUT2D eigenvalue weighted by atomic mass is 16.3. The Balaban J connectivity index is 2.31. The molecule has 0 aliphatic heterocycles. The Hall–Kier alpha value is -2.56. The topological polar surface area (TPSA) is 71.3 Å². The van der Waals surface area contributed by atoms with E-state index in [0.717, 1.165) is 5.56 Å². The van der Waals surface area contributed by atoms with Gasteiger partial charge in [0.2, 0.25) is 0 Å². The number of phenols is 1. The molecule has 0 aliphatic carbocycles. The van der Waals surface area contributed by atoms with Gasteiger partial charge in [-0.05, 0) is 36.8 Å². The zero-order chi connectivity index (χ0) is 14.0. The largest absolute Gasteiger partial charge is 0.506 e. The molecule has 0 fully saturated rings. The second-order valence-corrected chi connectivity index (χ2v) is 4.31. The van der Waals surface area contributed by atoms with Crippen LogP contribution in [0.15, 0.2) is 41.3 Å². The van der Waals surface area contributed by atoms with E-state index in [1.807, 2.05) is 6.92 Å². The maximum atomic E-state index is 12.0. The monoisotopic (exact) mass is 258 g/mol. The smallest absolute Gasteiger partial charge is 0.263 e. The maximum Gasteiger partial charge on any atom is 0.263 e. The van der Waals surface area contributed by atoms with E-state index >= 15 is 0 Å². The number of amides is 1. The van der Waals surface area contributed by atoms with Crippen LogP contribution in [-0.2, 0) is 7.05 Å². The molecule has 5 heteroatoms. The number of anilines is 1. The van der Waals surface area contributed by atoms with Crippen molar-refractivity contribution in [2.24, 2.45) is 7.05 Å². The quantitative estimate of drug-likeness (QED) is 0.805. The molecule has 1 aromatic carbocycles. The van der Waals surface area contributed by atoms with Gasteiger partial charge in [-0.3, -0.25) is 9.59 Å². The first kappa shape index (κ1) is 12.9. The first-order valence-electron chi connectivity index (χ1n) is 5.75. The predicted octanol–water partition coefficient (Wildman–Crippen LogP) is 1.65. The van der Waals surface area contributed by atoms with E-state index in [2.05, 4.69) is 5.32 Å². The van der Waals surface area contributed by atoms with Gasteiger partial charge in [0.15, 0.2) is 0 Å².